The van der Waals surface area contributed by atoms with Crippen molar-refractivity contribution in [3.05, 3.63) is 56.4 Å². The van der Waals surface area contributed by atoms with Crippen molar-refractivity contribution < 1.29 is 18.8 Å². The summed E-state index contributed by atoms with van der Waals surface area (Å²) < 4.78 is 5.69. The van der Waals surface area contributed by atoms with E-state index in [0.717, 1.165) is 4.90 Å². The van der Waals surface area contributed by atoms with Gasteiger partial charge in [0.1, 0.15) is 11.3 Å². The quantitative estimate of drug-likeness (QED) is 0.577. The van der Waals surface area contributed by atoms with Gasteiger partial charge >= 0.3 is 6.03 Å². The van der Waals surface area contributed by atoms with Gasteiger partial charge in [0.05, 0.1) is 15.7 Å². The first-order valence-electron chi connectivity index (χ1n) is 6.49. The zero-order chi connectivity index (χ0) is 17.4. The molecule has 1 saturated heterocycles. The highest BCUT2D eigenvalue weighted by molar-refractivity contribution is 9.10. The summed E-state index contributed by atoms with van der Waals surface area (Å²) >= 11 is 15.1. The van der Waals surface area contributed by atoms with E-state index in [2.05, 4.69) is 21.2 Å². The fourth-order valence-corrected chi connectivity index (χ4v) is 2.79. The second kappa shape index (κ2) is 6.43. The molecule has 122 valence electrons. The van der Waals surface area contributed by atoms with E-state index < -0.39 is 17.8 Å². The third-order valence-corrected chi connectivity index (χ3v) is 4.39. The summed E-state index contributed by atoms with van der Waals surface area (Å²) in [6.07, 6.45) is 1.24. The predicted molar refractivity (Wildman–Crippen MR) is 91.9 cm³/mol. The Labute approximate surface area is 154 Å². The predicted octanol–water partition coefficient (Wildman–Crippen LogP) is 4.02. The molecule has 1 aromatic carbocycles. The van der Waals surface area contributed by atoms with E-state index >= 15 is 0 Å². The maximum Gasteiger partial charge on any atom is 0.336 e. The lowest BCUT2D eigenvalue weighted by Crippen LogP contribution is -2.54. The van der Waals surface area contributed by atoms with E-state index in [0.29, 0.717) is 4.67 Å². The molecule has 0 bridgehead atoms. The summed E-state index contributed by atoms with van der Waals surface area (Å²) in [7, 11) is 0. The molecule has 2 aromatic rings. The number of halogens is 3. The molecule has 1 aliphatic rings. The molecule has 1 N–H and O–H groups in total. The largest absolute Gasteiger partial charge is 0.450 e. The van der Waals surface area contributed by atoms with Gasteiger partial charge in [0.2, 0.25) is 0 Å². The van der Waals surface area contributed by atoms with Crippen LogP contribution in [0.25, 0.3) is 6.08 Å². The normalized spacial score (nSPS) is 16.7. The number of rotatable bonds is 2. The number of nitrogens with zero attached hydrogens (tertiary/aromatic N) is 1. The molecule has 9 heteroatoms. The van der Waals surface area contributed by atoms with Crippen molar-refractivity contribution in [3.8, 4) is 0 Å². The molecule has 3 rings (SSSR count). The Morgan fingerprint density at radius 1 is 1.12 bits per heavy atom. The van der Waals surface area contributed by atoms with Crippen LogP contribution < -0.4 is 10.2 Å². The van der Waals surface area contributed by atoms with Crippen molar-refractivity contribution in [1.29, 1.82) is 0 Å². The van der Waals surface area contributed by atoms with Crippen molar-refractivity contribution in [3.63, 3.8) is 0 Å². The first-order chi connectivity index (χ1) is 11.4. The second-order valence-electron chi connectivity index (χ2n) is 4.67. The van der Waals surface area contributed by atoms with Gasteiger partial charge in [0, 0.05) is 0 Å². The first kappa shape index (κ1) is 16.8. The lowest BCUT2D eigenvalue weighted by Gasteiger charge is -2.27. The molecule has 1 fully saturated rings. The zero-order valence-corrected chi connectivity index (χ0v) is 14.8. The Hall–Kier alpha value is -2.09. The molecule has 0 atom stereocenters. The summed E-state index contributed by atoms with van der Waals surface area (Å²) in [5.41, 5.74) is -0.196. The van der Waals surface area contributed by atoms with E-state index in [1.54, 1.807) is 12.1 Å². The number of anilines is 1. The molecule has 0 saturated carbocycles. The molecule has 1 aliphatic heterocycles. The zero-order valence-electron chi connectivity index (χ0n) is 11.7. The van der Waals surface area contributed by atoms with Crippen molar-refractivity contribution in [2.24, 2.45) is 0 Å². The van der Waals surface area contributed by atoms with Crippen LogP contribution in [0.3, 0.4) is 0 Å². The van der Waals surface area contributed by atoms with Crippen LogP contribution in [0.15, 0.2) is 45.0 Å². The SMILES string of the molecule is O=C1NC(=O)N(c2cccc(Cl)c2Cl)C(=O)/C1=C/c1ccc(Br)o1. The summed E-state index contributed by atoms with van der Waals surface area (Å²) in [4.78, 5) is 37.5. The van der Waals surface area contributed by atoms with Gasteiger partial charge in [0.15, 0.2) is 4.67 Å². The van der Waals surface area contributed by atoms with Gasteiger partial charge < -0.3 is 4.42 Å². The molecule has 0 aliphatic carbocycles. The number of carbonyl (C=O) groups excluding carboxylic acids is 3. The Morgan fingerprint density at radius 2 is 1.88 bits per heavy atom. The van der Waals surface area contributed by atoms with E-state index in [1.165, 1.54) is 24.3 Å². The van der Waals surface area contributed by atoms with Crippen LogP contribution in [0.4, 0.5) is 10.5 Å². The molecule has 24 heavy (non-hydrogen) atoms. The minimum atomic E-state index is -0.910. The summed E-state index contributed by atoms with van der Waals surface area (Å²) in [5, 5.41) is 2.28. The molecule has 0 radical (unpaired) electrons. The van der Waals surface area contributed by atoms with Crippen LogP contribution in [-0.4, -0.2) is 17.8 Å². The molecule has 2 heterocycles. The number of hydrogen-bond acceptors (Lipinski definition) is 4. The highest BCUT2D eigenvalue weighted by Crippen LogP contribution is 2.34. The maximum atomic E-state index is 12.6. The Morgan fingerprint density at radius 3 is 2.54 bits per heavy atom. The highest BCUT2D eigenvalue weighted by atomic mass is 79.9. The minimum absolute atomic E-state index is 0.0251. The molecular formula is C15H7BrCl2N2O4. The van der Waals surface area contributed by atoms with Gasteiger partial charge in [-0.15, -0.1) is 0 Å². The lowest BCUT2D eigenvalue weighted by molar-refractivity contribution is -0.122. The highest BCUT2D eigenvalue weighted by Gasteiger charge is 2.38. The molecular weight excluding hydrogens is 423 g/mol. The van der Waals surface area contributed by atoms with E-state index in [1.807, 2.05) is 0 Å². The number of barbiturate groups is 1. The maximum absolute atomic E-state index is 12.6. The van der Waals surface area contributed by atoms with Crippen LogP contribution in [0, 0.1) is 0 Å². The fraction of sp³-hybridized carbons (Fsp3) is 0. The van der Waals surface area contributed by atoms with Crippen LogP contribution in [0.5, 0.6) is 0 Å². The van der Waals surface area contributed by atoms with Crippen LogP contribution >= 0.6 is 39.1 Å². The van der Waals surface area contributed by atoms with Gasteiger partial charge in [-0.2, -0.15) is 0 Å². The van der Waals surface area contributed by atoms with Crippen LogP contribution in [-0.2, 0) is 9.59 Å². The van der Waals surface area contributed by atoms with E-state index in [-0.39, 0.29) is 27.1 Å². The molecule has 0 spiro atoms. The number of hydrogen-bond donors (Lipinski definition) is 1. The van der Waals surface area contributed by atoms with Gasteiger partial charge in [0.25, 0.3) is 11.8 Å². The van der Waals surface area contributed by atoms with E-state index in [4.69, 9.17) is 27.6 Å². The molecule has 4 amide bonds. The summed E-state index contributed by atoms with van der Waals surface area (Å²) in [6, 6.07) is 6.75. The first-order valence-corrected chi connectivity index (χ1v) is 8.04. The average Bonchev–Trinajstić information content (AvgIpc) is 2.93. The third kappa shape index (κ3) is 2.98. The monoisotopic (exact) mass is 428 g/mol. The van der Waals surface area contributed by atoms with Crippen LogP contribution in [0.1, 0.15) is 5.76 Å². The number of nitrogens with one attached hydrogen (secondary N) is 1. The average molecular weight is 430 g/mol. The molecule has 6 nitrogen and oxygen atoms in total. The minimum Gasteiger partial charge on any atom is -0.450 e. The molecule has 1 aromatic heterocycles. The Balaban J connectivity index is 2.06. The Kier molecular flexibility index (Phi) is 4.49. The number of imide groups is 2. The Bertz CT molecular complexity index is 907. The number of furan rings is 1. The van der Waals surface area contributed by atoms with Gasteiger partial charge in [-0.05, 0) is 46.3 Å². The molecule has 0 unspecified atom stereocenters. The van der Waals surface area contributed by atoms with E-state index in [9.17, 15) is 14.4 Å². The topological polar surface area (TPSA) is 79.6 Å². The third-order valence-electron chi connectivity index (χ3n) is 3.15. The van der Waals surface area contributed by atoms with Gasteiger partial charge in [-0.1, -0.05) is 29.3 Å². The van der Waals surface area contributed by atoms with Gasteiger partial charge in [-0.25, -0.2) is 9.69 Å². The lowest BCUT2D eigenvalue weighted by atomic mass is 10.1. The smallest absolute Gasteiger partial charge is 0.336 e. The van der Waals surface area contributed by atoms with Crippen molar-refractivity contribution in [2.45, 2.75) is 0 Å². The number of carbonyl (C=O) groups is 3. The number of benzene rings is 1. The van der Waals surface area contributed by atoms with Crippen molar-refractivity contribution >= 4 is 68.7 Å². The standard InChI is InChI=1S/C15H7BrCl2N2O4/c16-11-5-4-7(24-11)6-8-13(21)19-15(23)20(14(8)22)10-3-1-2-9(17)12(10)18/h1-6H,(H,19,21,23)/b8-6+. The summed E-state index contributed by atoms with van der Waals surface area (Å²) in [5.74, 6) is -1.39. The number of amides is 4. The second-order valence-corrected chi connectivity index (χ2v) is 6.24. The fourth-order valence-electron chi connectivity index (χ4n) is 2.09. The van der Waals surface area contributed by atoms with Crippen molar-refractivity contribution in [2.75, 3.05) is 4.90 Å². The number of urea groups is 1. The van der Waals surface area contributed by atoms with Gasteiger partial charge in [-0.3, -0.25) is 14.9 Å². The summed E-state index contributed by atoms with van der Waals surface area (Å²) in [6.45, 7) is 0. The van der Waals surface area contributed by atoms with Crippen LogP contribution in [0.2, 0.25) is 10.0 Å². The van der Waals surface area contributed by atoms with Crippen molar-refractivity contribution in [1.82, 2.24) is 5.32 Å².